The van der Waals surface area contributed by atoms with E-state index in [4.69, 9.17) is 21.4 Å². The predicted octanol–water partition coefficient (Wildman–Crippen LogP) is 3.25. The van der Waals surface area contributed by atoms with Gasteiger partial charge in [-0.1, -0.05) is 11.6 Å². The largest absolute Gasteiger partial charge is 0.482 e. The van der Waals surface area contributed by atoms with Crippen LogP contribution in [0.25, 0.3) is 0 Å². The summed E-state index contributed by atoms with van der Waals surface area (Å²) in [5.74, 6) is -0.506. The van der Waals surface area contributed by atoms with Crippen molar-refractivity contribution >= 4 is 29.5 Å². The third kappa shape index (κ3) is 5.16. The number of nitrogens with one attached hydrogen (secondary N) is 1. The van der Waals surface area contributed by atoms with Crippen LogP contribution in [0.2, 0.25) is 5.02 Å². The van der Waals surface area contributed by atoms with E-state index in [1.165, 1.54) is 0 Å². The van der Waals surface area contributed by atoms with Gasteiger partial charge >= 0.3 is 5.97 Å². The first-order valence-electron chi connectivity index (χ1n) is 6.13. The van der Waals surface area contributed by atoms with Crippen molar-refractivity contribution in [2.75, 3.05) is 12.0 Å². The average Bonchev–Trinajstić information content (AvgIpc) is 2.48. The second kappa shape index (κ2) is 7.31. The SMILES string of the molecule is O=C(O)COc1ccc(/C=N\Nc2ccc(Cl)cc2)cc1. The van der Waals surface area contributed by atoms with Gasteiger partial charge in [0, 0.05) is 5.02 Å². The molecule has 0 bridgehead atoms. The van der Waals surface area contributed by atoms with Crippen LogP contribution in [-0.4, -0.2) is 23.9 Å². The fraction of sp³-hybridized carbons (Fsp3) is 0.0667. The Kier molecular flexibility index (Phi) is 5.17. The van der Waals surface area contributed by atoms with E-state index in [1.807, 2.05) is 12.1 Å². The minimum absolute atomic E-state index is 0.356. The molecule has 0 aliphatic rings. The summed E-state index contributed by atoms with van der Waals surface area (Å²) in [4.78, 5) is 10.4. The fourth-order valence-electron chi connectivity index (χ4n) is 1.50. The Labute approximate surface area is 126 Å². The van der Waals surface area contributed by atoms with E-state index in [9.17, 15) is 4.79 Å². The van der Waals surface area contributed by atoms with E-state index in [2.05, 4.69) is 10.5 Å². The summed E-state index contributed by atoms with van der Waals surface area (Å²) < 4.78 is 5.04. The number of ether oxygens (including phenoxy) is 1. The van der Waals surface area contributed by atoms with Crippen molar-refractivity contribution in [3.63, 3.8) is 0 Å². The van der Waals surface area contributed by atoms with Crippen LogP contribution in [0.5, 0.6) is 5.75 Å². The third-order valence-corrected chi connectivity index (χ3v) is 2.75. The molecule has 0 atom stereocenters. The van der Waals surface area contributed by atoms with Gasteiger partial charge in [0.2, 0.25) is 0 Å². The molecule has 0 amide bonds. The molecule has 0 aromatic heterocycles. The zero-order chi connectivity index (χ0) is 15.1. The molecule has 2 aromatic rings. The maximum atomic E-state index is 10.4. The molecule has 2 rings (SSSR count). The quantitative estimate of drug-likeness (QED) is 0.635. The number of hydrogen-bond donors (Lipinski definition) is 2. The highest BCUT2D eigenvalue weighted by atomic mass is 35.5. The summed E-state index contributed by atoms with van der Waals surface area (Å²) >= 11 is 5.79. The lowest BCUT2D eigenvalue weighted by Gasteiger charge is -2.03. The molecule has 0 spiro atoms. The van der Waals surface area contributed by atoms with Gasteiger partial charge in [-0.2, -0.15) is 5.10 Å². The van der Waals surface area contributed by atoms with E-state index >= 15 is 0 Å². The number of hydrogen-bond acceptors (Lipinski definition) is 4. The number of nitrogens with zero attached hydrogens (tertiary/aromatic N) is 1. The molecule has 21 heavy (non-hydrogen) atoms. The lowest BCUT2D eigenvalue weighted by molar-refractivity contribution is -0.139. The number of benzene rings is 2. The normalized spacial score (nSPS) is 10.5. The van der Waals surface area contributed by atoms with Crippen molar-refractivity contribution in [1.29, 1.82) is 0 Å². The van der Waals surface area contributed by atoms with E-state index in [-0.39, 0.29) is 6.61 Å². The van der Waals surface area contributed by atoms with E-state index < -0.39 is 5.97 Å². The van der Waals surface area contributed by atoms with Crippen LogP contribution in [-0.2, 0) is 4.79 Å². The number of carboxylic acid groups (broad SMARTS) is 1. The van der Waals surface area contributed by atoms with Crippen molar-refractivity contribution in [2.45, 2.75) is 0 Å². The Bertz CT molecular complexity index is 624. The summed E-state index contributed by atoms with van der Waals surface area (Å²) in [5, 5.41) is 13.3. The van der Waals surface area contributed by atoms with Crippen molar-refractivity contribution < 1.29 is 14.6 Å². The Morgan fingerprint density at radius 3 is 2.48 bits per heavy atom. The molecule has 0 heterocycles. The molecule has 0 unspecified atom stereocenters. The maximum absolute atomic E-state index is 10.4. The number of carbonyl (C=O) groups is 1. The molecule has 2 N–H and O–H groups in total. The molecule has 5 nitrogen and oxygen atoms in total. The van der Waals surface area contributed by atoms with Crippen LogP contribution in [0.1, 0.15) is 5.56 Å². The van der Waals surface area contributed by atoms with Crippen molar-refractivity contribution in [3.8, 4) is 5.75 Å². The van der Waals surface area contributed by atoms with Crippen LogP contribution in [0.3, 0.4) is 0 Å². The number of carboxylic acids is 1. The molecule has 2 aromatic carbocycles. The van der Waals surface area contributed by atoms with Gasteiger partial charge in [-0.25, -0.2) is 4.79 Å². The minimum Gasteiger partial charge on any atom is -0.482 e. The van der Waals surface area contributed by atoms with Gasteiger partial charge in [0.05, 0.1) is 11.9 Å². The lowest BCUT2D eigenvalue weighted by Crippen LogP contribution is -2.09. The van der Waals surface area contributed by atoms with E-state index in [0.29, 0.717) is 10.8 Å². The highest BCUT2D eigenvalue weighted by Crippen LogP contribution is 2.14. The topological polar surface area (TPSA) is 70.9 Å². The number of anilines is 1. The van der Waals surface area contributed by atoms with Gasteiger partial charge in [0.25, 0.3) is 0 Å². The number of rotatable bonds is 6. The molecular weight excluding hydrogens is 292 g/mol. The molecule has 0 aliphatic heterocycles. The van der Waals surface area contributed by atoms with Crippen LogP contribution in [0.4, 0.5) is 5.69 Å². The second-order valence-corrected chi connectivity index (χ2v) is 4.56. The molecule has 0 saturated heterocycles. The van der Waals surface area contributed by atoms with Gasteiger partial charge in [-0.3, -0.25) is 5.43 Å². The second-order valence-electron chi connectivity index (χ2n) is 4.13. The summed E-state index contributed by atoms with van der Waals surface area (Å²) in [6.07, 6.45) is 1.65. The highest BCUT2D eigenvalue weighted by Gasteiger charge is 1.98. The first kappa shape index (κ1) is 14.9. The number of aliphatic carboxylic acids is 1. The standard InChI is InChI=1S/C15H13ClN2O3/c16-12-3-5-13(6-4-12)18-17-9-11-1-7-14(8-2-11)21-10-15(19)20/h1-9,18H,10H2,(H,19,20)/b17-9-. The van der Waals surface area contributed by atoms with Crippen LogP contribution in [0.15, 0.2) is 53.6 Å². The van der Waals surface area contributed by atoms with E-state index in [0.717, 1.165) is 11.3 Å². The molecule has 0 radical (unpaired) electrons. The average molecular weight is 305 g/mol. The van der Waals surface area contributed by atoms with Crippen LogP contribution in [0, 0.1) is 0 Å². The summed E-state index contributed by atoms with van der Waals surface area (Å²) in [6, 6.07) is 14.1. The van der Waals surface area contributed by atoms with Gasteiger partial charge in [-0.05, 0) is 54.1 Å². The van der Waals surface area contributed by atoms with Gasteiger partial charge in [-0.15, -0.1) is 0 Å². The summed E-state index contributed by atoms with van der Waals surface area (Å²) in [6.45, 7) is -0.356. The first-order valence-corrected chi connectivity index (χ1v) is 6.50. The Hall–Kier alpha value is -2.53. The smallest absolute Gasteiger partial charge is 0.341 e. The summed E-state index contributed by atoms with van der Waals surface area (Å²) in [5.41, 5.74) is 4.57. The molecule has 0 fully saturated rings. The zero-order valence-electron chi connectivity index (χ0n) is 11.0. The summed E-state index contributed by atoms with van der Waals surface area (Å²) in [7, 11) is 0. The Morgan fingerprint density at radius 1 is 1.19 bits per heavy atom. The van der Waals surface area contributed by atoms with Gasteiger partial charge in [0.1, 0.15) is 5.75 Å². The van der Waals surface area contributed by atoms with Gasteiger partial charge < -0.3 is 9.84 Å². The molecule has 0 aliphatic carbocycles. The molecule has 6 heteroatoms. The molecule has 0 saturated carbocycles. The third-order valence-electron chi connectivity index (χ3n) is 2.49. The predicted molar refractivity (Wildman–Crippen MR) is 82.2 cm³/mol. The van der Waals surface area contributed by atoms with Crippen LogP contribution < -0.4 is 10.2 Å². The first-order chi connectivity index (χ1) is 10.1. The molecule has 108 valence electrons. The van der Waals surface area contributed by atoms with Crippen molar-refractivity contribution in [2.24, 2.45) is 5.10 Å². The highest BCUT2D eigenvalue weighted by molar-refractivity contribution is 6.30. The fourth-order valence-corrected chi connectivity index (χ4v) is 1.63. The monoisotopic (exact) mass is 304 g/mol. The molecular formula is C15H13ClN2O3. The van der Waals surface area contributed by atoms with Gasteiger partial charge in [0.15, 0.2) is 6.61 Å². The number of hydrazone groups is 1. The van der Waals surface area contributed by atoms with Crippen molar-refractivity contribution in [3.05, 3.63) is 59.1 Å². The van der Waals surface area contributed by atoms with Crippen molar-refractivity contribution in [1.82, 2.24) is 0 Å². The maximum Gasteiger partial charge on any atom is 0.341 e. The minimum atomic E-state index is -1.01. The number of halogens is 1. The Morgan fingerprint density at radius 2 is 1.86 bits per heavy atom. The van der Waals surface area contributed by atoms with Crippen LogP contribution >= 0.6 is 11.6 Å². The van der Waals surface area contributed by atoms with E-state index in [1.54, 1.807) is 42.6 Å². The lowest BCUT2D eigenvalue weighted by atomic mass is 10.2. The Balaban J connectivity index is 1.89. The zero-order valence-corrected chi connectivity index (χ0v) is 11.7.